The Bertz CT molecular complexity index is 180. The molecule has 0 aliphatic heterocycles. The van der Waals surface area contributed by atoms with Gasteiger partial charge < -0.3 is 10.6 Å². The molecule has 0 saturated heterocycles. The van der Waals surface area contributed by atoms with Gasteiger partial charge in [0.1, 0.15) is 0 Å². The number of amides is 1. The number of nitrogens with two attached hydrogens (primary N) is 1. The van der Waals surface area contributed by atoms with Gasteiger partial charge in [0.25, 0.3) is 0 Å². The van der Waals surface area contributed by atoms with Crippen molar-refractivity contribution in [3.05, 3.63) is 0 Å². The predicted octanol–water partition coefficient (Wildman–Crippen LogP) is 1.62. The lowest BCUT2D eigenvalue weighted by Gasteiger charge is -2.28. The molecule has 3 heteroatoms. The van der Waals surface area contributed by atoms with E-state index in [-0.39, 0.29) is 18.0 Å². The summed E-state index contributed by atoms with van der Waals surface area (Å²) in [5, 5.41) is 0. The van der Waals surface area contributed by atoms with Crippen LogP contribution in [0.4, 0.5) is 0 Å². The first-order chi connectivity index (χ1) is 6.40. The van der Waals surface area contributed by atoms with Crippen molar-refractivity contribution in [1.29, 1.82) is 0 Å². The molecule has 0 aliphatic carbocycles. The van der Waals surface area contributed by atoms with Crippen molar-refractivity contribution in [2.24, 2.45) is 11.7 Å². The van der Waals surface area contributed by atoms with Gasteiger partial charge >= 0.3 is 0 Å². The van der Waals surface area contributed by atoms with E-state index < -0.39 is 0 Å². The highest BCUT2D eigenvalue weighted by Gasteiger charge is 2.20. The normalized spacial score (nSPS) is 15.4. The lowest BCUT2D eigenvalue weighted by molar-refractivity contribution is -0.133. The molecule has 14 heavy (non-hydrogen) atoms. The molecule has 0 aromatic heterocycles. The van der Waals surface area contributed by atoms with Crippen LogP contribution >= 0.6 is 0 Å². The van der Waals surface area contributed by atoms with E-state index >= 15 is 0 Å². The second-order valence-corrected chi connectivity index (χ2v) is 4.44. The highest BCUT2D eigenvalue weighted by atomic mass is 16.2. The van der Waals surface area contributed by atoms with Crippen LogP contribution in [0.2, 0.25) is 0 Å². The maximum atomic E-state index is 11.7. The number of rotatable bonds is 5. The molecular weight excluding hydrogens is 176 g/mol. The van der Waals surface area contributed by atoms with Gasteiger partial charge in [0.05, 0.1) is 6.04 Å². The van der Waals surface area contributed by atoms with Gasteiger partial charge in [0, 0.05) is 13.1 Å². The summed E-state index contributed by atoms with van der Waals surface area (Å²) >= 11 is 0. The fourth-order valence-electron chi connectivity index (χ4n) is 1.49. The van der Waals surface area contributed by atoms with Gasteiger partial charge in [-0.2, -0.15) is 0 Å². The average Bonchev–Trinajstić information content (AvgIpc) is 2.13. The second-order valence-electron chi connectivity index (χ2n) is 4.44. The van der Waals surface area contributed by atoms with E-state index in [2.05, 4.69) is 20.8 Å². The zero-order valence-electron chi connectivity index (χ0n) is 10.1. The number of hydrogen-bond donors (Lipinski definition) is 1. The smallest absolute Gasteiger partial charge is 0.239 e. The van der Waals surface area contributed by atoms with Crippen molar-refractivity contribution in [2.45, 2.75) is 52.6 Å². The molecule has 3 nitrogen and oxygen atoms in total. The molecule has 0 aliphatic rings. The summed E-state index contributed by atoms with van der Waals surface area (Å²) in [6.45, 7) is 8.33. The minimum atomic E-state index is -0.338. The summed E-state index contributed by atoms with van der Waals surface area (Å²) in [5.74, 6) is 0.666. The van der Waals surface area contributed by atoms with Gasteiger partial charge in [-0.3, -0.25) is 4.79 Å². The Balaban J connectivity index is 4.16. The molecule has 2 atom stereocenters. The maximum Gasteiger partial charge on any atom is 0.239 e. The number of likely N-dealkylation sites (N-methyl/N-ethyl adjacent to an activating group) is 1. The second kappa shape index (κ2) is 6.02. The quantitative estimate of drug-likeness (QED) is 0.733. The molecule has 0 heterocycles. The molecule has 0 bridgehead atoms. The fourth-order valence-corrected chi connectivity index (χ4v) is 1.49. The first-order valence-corrected chi connectivity index (χ1v) is 5.42. The third-order valence-electron chi connectivity index (χ3n) is 2.58. The molecule has 0 saturated carbocycles. The van der Waals surface area contributed by atoms with Crippen LogP contribution in [-0.2, 0) is 4.79 Å². The lowest BCUT2D eigenvalue weighted by atomic mass is 10.0. The van der Waals surface area contributed by atoms with Crippen LogP contribution in [0.3, 0.4) is 0 Å². The molecule has 0 aromatic rings. The fraction of sp³-hybridized carbons (Fsp3) is 0.909. The van der Waals surface area contributed by atoms with Gasteiger partial charge in [-0.05, 0) is 25.7 Å². The van der Waals surface area contributed by atoms with Crippen molar-refractivity contribution in [3.8, 4) is 0 Å². The number of hydrogen-bond acceptors (Lipinski definition) is 2. The zero-order valence-corrected chi connectivity index (χ0v) is 10.1. The average molecular weight is 200 g/mol. The van der Waals surface area contributed by atoms with E-state index in [1.165, 1.54) is 0 Å². The van der Waals surface area contributed by atoms with E-state index in [0.29, 0.717) is 12.3 Å². The zero-order chi connectivity index (χ0) is 11.3. The summed E-state index contributed by atoms with van der Waals surface area (Å²) in [6, 6.07) is -0.0605. The van der Waals surface area contributed by atoms with E-state index in [1.54, 1.807) is 4.90 Å². The highest BCUT2D eigenvalue weighted by molar-refractivity contribution is 5.81. The Morgan fingerprint density at radius 2 is 1.86 bits per heavy atom. The Morgan fingerprint density at radius 3 is 2.21 bits per heavy atom. The van der Waals surface area contributed by atoms with Gasteiger partial charge in [0.2, 0.25) is 5.91 Å². The van der Waals surface area contributed by atoms with Crippen molar-refractivity contribution >= 4 is 5.91 Å². The summed E-state index contributed by atoms with van der Waals surface area (Å²) < 4.78 is 0. The van der Waals surface area contributed by atoms with Crippen LogP contribution in [0, 0.1) is 5.92 Å². The SMILES string of the molecule is CC[C@@H](N)C(=O)N(C)C(C)CC(C)C. The van der Waals surface area contributed by atoms with Crippen LogP contribution in [0.5, 0.6) is 0 Å². The monoisotopic (exact) mass is 200 g/mol. The minimum Gasteiger partial charge on any atom is -0.342 e. The number of carbonyl (C=O) groups is 1. The Labute approximate surface area is 87.6 Å². The standard InChI is InChI=1S/C11H24N2O/c1-6-10(12)11(14)13(5)9(4)7-8(2)3/h8-10H,6-7,12H2,1-5H3/t9?,10-/m1/s1. The van der Waals surface area contributed by atoms with Crippen LogP contribution in [0.25, 0.3) is 0 Å². The van der Waals surface area contributed by atoms with Crippen LogP contribution < -0.4 is 5.73 Å². The van der Waals surface area contributed by atoms with E-state index in [9.17, 15) is 4.79 Å². The Hall–Kier alpha value is -0.570. The van der Waals surface area contributed by atoms with Crippen molar-refractivity contribution in [1.82, 2.24) is 4.90 Å². The lowest BCUT2D eigenvalue weighted by Crippen LogP contribution is -2.45. The molecule has 84 valence electrons. The summed E-state index contributed by atoms with van der Waals surface area (Å²) in [6.07, 6.45) is 1.73. The Kier molecular flexibility index (Phi) is 5.77. The first kappa shape index (κ1) is 13.4. The molecule has 0 radical (unpaired) electrons. The topological polar surface area (TPSA) is 46.3 Å². The van der Waals surface area contributed by atoms with Gasteiger partial charge in [-0.15, -0.1) is 0 Å². The molecule has 1 amide bonds. The van der Waals surface area contributed by atoms with Gasteiger partial charge in [0.15, 0.2) is 0 Å². The molecule has 0 spiro atoms. The Morgan fingerprint density at radius 1 is 1.36 bits per heavy atom. The van der Waals surface area contributed by atoms with Crippen LogP contribution in [-0.4, -0.2) is 29.9 Å². The predicted molar refractivity (Wildman–Crippen MR) is 60.0 cm³/mol. The third-order valence-corrected chi connectivity index (χ3v) is 2.58. The highest BCUT2D eigenvalue weighted by Crippen LogP contribution is 2.10. The molecule has 0 fully saturated rings. The van der Waals surface area contributed by atoms with Crippen molar-refractivity contribution in [3.63, 3.8) is 0 Å². The summed E-state index contributed by atoms with van der Waals surface area (Å²) in [5.41, 5.74) is 5.69. The maximum absolute atomic E-state index is 11.7. The molecular formula is C11H24N2O. The van der Waals surface area contributed by atoms with E-state index in [4.69, 9.17) is 5.73 Å². The minimum absolute atomic E-state index is 0.0562. The van der Waals surface area contributed by atoms with Crippen LogP contribution in [0.1, 0.15) is 40.5 Å². The number of carbonyl (C=O) groups excluding carboxylic acids is 1. The third kappa shape index (κ3) is 4.09. The largest absolute Gasteiger partial charge is 0.342 e. The molecule has 0 aromatic carbocycles. The van der Waals surface area contributed by atoms with Crippen molar-refractivity contribution < 1.29 is 4.79 Å². The van der Waals surface area contributed by atoms with Crippen LogP contribution in [0.15, 0.2) is 0 Å². The van der Waals surface area contributed by atoms with Crippen molar-refractivity contribution in [2.75, 3.05) is 7.05 Å². The number of nitrogens with zero attached hydrogens (tertiary/aromatic N) is 1. The van der Waals surface area contributed by atoms with E-state index in [1.807, 2.05) is 14.0 Å². The van der Waals surface area contributed by atoms with E-state index in [0.717, 1.165) is 6.42 Å². The molecule has 1 unspecified atom stereocenters. The van der Waals surface area contributed by atoms with Gasteiger partial charge in [-0.25, -0.2) is 0 Å². The van der Waals surface area contributed by atoms with Gasteiger partial charge in [-0.1, -0.05) is 20.8 Å². The molecule has 2 N–H and O–H groups in total. The summed E-state index contributed by atoms with van der Waals surface area (Å²) in [4.78, 5) is 13.5. The molecule has 0 rings (SSSR count). The summed E-state index contributed by atoms with van der Waals surface area (Å²) in [7, 11) is 1.84. The first-order valence-electron chi connectivity index (χ1n) is 5.42.